The number of hydrogen-bond donors (Lipinski definition) is 1. The minimum Gasteiger partial charge on any atom is -0.396 e. The van der Waals surface area contributed by atoms with Crippen molar-refractivity contribution < 1.29 is 10.0 Å². The molecule has 144 valence electrons. The van der Waals surface area contributed by atoms with Crippen molar-refractivity contribution in [3.63, 3.8) is 0 Å². The van der Waals surface area contributed by atoms with E-state index < -0.39 is 4.92 Å². The molecule has 0 atom stereocenters. The molecular formula is C18H20Cl2N4O3. The molecule has 0 aliphatic rings. The van der Waals surface area contributed by atoms with E-state index in [1.54, 1.807) is 0 Å². The summed E-state index contributed by atoms with van der Waals surface area (Å²) >= 11 is 12.0. The van der Waals surface area contributed by atoms with Gasteiger partial charge in [0.25, 0.3) is 5.69 Å². The van der Waals surface area contributed by atoms with Crippen molar-refractivity contribution in [1.82, 2.24) is 0 Å². The van der Waals surface area contributed by atoms with Crippen LogP contribution in [0.1, 0.15) is 19.8 Å². The summed E-state index contributed by atoms with van der Waals surface area (Å²) in [6.45, 7) is 4.00. The lowest BCUT2D eigenvalue weighted by Gasteiger charge is -2.23. The summed E-state index contributed by atoms with van der Waals surface area (Å²) < 4.78 is 0. The van der Waals surface area contributed by atoms with E-state index in [2.05, 4.69) is 22.1 Å². The zero-order valence-electron chi connectivity index (χ0n) is 14.8. The van der Waals surface area contributed by atoms with Crippen molar-refractivity contribution >= 4 is 46.0 Å². The van der Waals surface area contributed by atoms with Gasteiger partial charge in [-0.3, -0.25) is 10.1 Å². The van der Waals surface area contributed by atoms with Gasteiger partial charge in [-0.1, -0.05) is 23.2 Å². The first kappa shape index (κ1) is 21.1. The van der Waals surface area contributed by atoms with Crippen molar-refractivity contribution in [2.45, 2.75) is 19.8 Å². The van der Waals surface area contributed by atoms with E-state index in [1.165, 1.54) is 12.1 Å². The van der Waals surface area contributed by atoms with Crippen molar-refractivity contribution in [3.05, 3.63) is 56.6 Å². The highest BCUT2D eigenvalue weighted by atomic mass is 35.5. The Labute approximate surface area is 167 Å². The van der Waals surface area contributed by atoms with Gasteiger partial charge in [-0.15, -0.1) is 5.11 Å². The lowest BCUT2D eigenvalue weighted by Crippen LogP contribution is -2.23. The molecule has 0 spiro atoms. The summed E-state index contributed by atoms with van der Waals surface area (Å²) in [6.07, 6.45) is 1.70. The molecule has 0 bridgehead atoms. The summed E-state index contributed by atoms with van der Waals surface area (Å²) in [6, 6.07) is 9.90. The van der Waals surface area contributed by atoms with Gasteiger partial charge in [-0.05, 0) is 44.0 Å². The van der Waals surface area contributed by atoms with Gasteiger partial charge in [0.15, 0.2) is 0 Å². The summed E-state index contributed by atoms with van der Waals surface area (Å²) in [5, 5.41) is 28.0. The van der Waals surface area contributed by atoms with E-state index in [0.29, 0.717) is 5.69 Å². The zero-order chi connectivity index (χ0) is 19.8. The highest BCUT2D eigenvalue weighted by Gasteiger charge is 2.14. The predicted octanol–water partition coefficient (Wildman–Crippen LogP) is 5.92. The molecule has 0 heterocycles. The van der Waals surface area contributed by atoms with Crippen LogP contribution >= 0.6 is 23.2 Å². The highest BCUT2D eigenvalue weighted by Crippen LogP contribution is 2.37. The number of hydrogen-bond acceptors (Lipinski definition) is 6. The number of aliphatic hydroxyl groups is 1. The van der Waals surface area contributed by atoms with Crippen LogP contribution in [0.2, 0.25) is 10.0 Å². The smallest absolute Gasteiger partial charge is 0.272 e. The summed E-state index contributed by atoms with van der Waals surface area (Å²) in [5.74, 6) is 0. The fraction of sp³-hybridized carbons (Fsp3) is 0.333. The minimum absolute atomic E-state index is 0.0654. The number of non-ortho nitro benzene ring substituents is 1. The van der Waals surface area contributed by atoms with E-state index in [-0.39, 0.29) is 28.0 Å². The Morgan fingerprint density at radius 2 is 1.74 bits per heavy atom. The van der Waals surface area contributed by atoms with Crippen LogP contribution in [0.25, 0.3) is 0 Å². The molecule has 2 rings (SSSR count). The monoisotopic (exact) mass is 410 g/mol. The van der Waals surface area contributed by atoms with Crippen molar-refractivity contribution in [2.24, 2.45) is 10.2 Å². The number of rotatable bonds is 9. The molecule has 0 unspecified atom stereocenters. The molecule has 0 amide bonds. The predicted molar refractivity (Wildman–Crippen MR) is 108 cm³/mol. The lowest BCUT2D eigenvalue weighted by molar-refractivity contribution is -0.384. The molecule has 0 saturated carbocycles. The van der Waals surface area contributed by atoms with Crippen molar-refractivity contribution in [3.8, 4) is 0 Å². The quantitative estimate of drug-likeness (QED) is 0.240. The third-order valence-corrected chi connectivity index (χ3v) is 4.49. The van der Waals surface area contributed by atoms with Gasteiger partial charge in [0, 0.05) is 37.5 Å². The summed E-state index contributed by atoms with van der Waals surface area (Å²) in [7, 11) is 0. The van der Waals surface area contributed by atoms with Crippen LogP contribution in [0, 0.1) is 10.1 Å². The molecule has 0 saturated heterocycles. The van der Waals surface area contributed by atoms with Crippen molar-refractivity contribution in [1.29, 1.82) is 0 Å². The zero-order valence-corrected chi connectivity index (χ0v) is 16.3. The van der Waals surface area contributed by atoms with Crippen LogP contribution in [-0.2, 0) is 0 Å². The Kier molecular flexibility index (Phi) is 7.97. The molecular weight excluding hydrogens is 391 g/mol. The second-order valence-electron chi connectivity index (χ2n) is 5.74. The number of nitro benzene ring substituents is 1. The Morgan fingerprint density at radius 3 is 2.26 bits per heavy atom. The van der Waals surface area contributed by atoms with Gasteiger partial charge in [-0.25, -0.2) is 0 Å². The van der Waals surface area contributed by atoms with Crippen LogP contribution in [0.5, 0.6) is 0 Å². The Morgan fingerprint density at radius 1 is 1.11 bits per heavy atom. The average Bonchev–Trinajstić information content (AvgIpc) is 2.65. The first-order valence-corrected chi connectivity index (χ1v) is 9.23. The Hall–Kier alpha value is -2.22. The van der Waals surface area contributed by atoms with Crippen molar-refractivity contribution in [2.75, 3.05) is 24.6 Å². The van der Waals surface area contributed by atoms with Gasteiger partial charge < -0.3 is 10.0 Å². The molecule has 0 fully saturated rings. The number of halogens is 2. The number of benzene rings is 2. The number of anilines is 1. The third kappa shape index (κ3) is 5.89. The topological polar surface area (TPSA) is 91.3 Å². The third-order valence-electron chi connectivity index (χ3n) is 3.91. The standard InChI is InChI=1S/C18H20Cl2N4O3/c1-2-23(9-3-4-10-25)14-7-5-13(6-8-14)21-22-18-16(19)11-15(24(26)27)12-17(18)20/h5-8,11-12,25H,2-4,9-10H2,1H3. The van der Waals surface area contributed by atoms with Crippen LogP contribution in [-0.4, -0.2) is 29.7 Å². The number of nitrogens with zero attached hydrogens (tertiary/aromatic N) is 4. The van der Waals surface area contributed by atoms with E-state index in [9.17, 15) is 10.1 Å². The van der Waals surface area contributed by atoms with Gasteiger partial charge in [-0.2, -0.15) is 5.11 Å². The summed E-state index contributed by atoms with van der Waals surface area (Å²) in [5.41, 5.74) is 1.65. The van der Waals surface area contributed by atoms with Crippen LogP contribution in [0.4, 0.5) is 22.7 Å². The lowest BCUT2D eigenvalue weighted by atomic mass is 10.2. The maximum absolute atomic E-state index is 10.8. The van der Waals surface area contributed by atoms with Crippen LogP contribution in [0.3, 0.4) is 0 Å². The molecule has 0 aromatic heterocycles. The first-order chi connectivity index (χ1) is 13.0. The average molecular weight is 411 g/mol. The van der Waals surface area contributed by atoms with Gasteiger partial charge in [0.1, 0.15) is 5.69 Å². The van der Waals surface area contributed by atoms with Gasteiger partial charge in [0.2, 0.25) is 0 Å². The Balaban J connectivity index is 2.13. The maximum Gasteiger partial charge on any atom is 0.272 e. The summed E-state index contributed by atoms with van der Waals surface area (Å²) in [4.78, 5) is 12.4. The van der Waals surface area contributed by atoms with Crippen LogP contribution in [0.15, 0.2) is 46.6 Å². The molecule has 7 nitrogen and oxygen atoms in total. The second-order valence-corrected chi connectivity index (χ2v) is 6.56. The normalized spacial score (nSPS) is 11.1. The molecule has 27 heavy (non-hydrogen) atoms. The highest BCUT2D eigenvalue weighted by molar-refractivity contribution is 6.39. The molecule has 1 N–H and O–H groups in total. The fourth-order valence-electron chi connectivity index (χ4n) is 2.48. The first-order valence-electron chi connectivity index (χ1n) is 8.47. The minimum atomic E-state index is -0.572. The van der Waals surface area contributed by atoms with E-state index in [1.807, 2.05) is 24.3 Å². The largest absolute Gasteiger partial charge is 0.396 e. The molecule has 0 aliphatic carbocycles. The van der Waals surface area contributed by atoms with Gasteiger partial charge in [0.05, 0.1) is 20.7 Å². The Bertz CT molecular complexity index is 790. The maximum atomic E-state index is 10.8. The van der Waals surface area contributed by atoms with Gasteiger partial charge >= 0.3 is 0 Å². The number of nitro groups is 1. The number of unbranched alkanes of at least 4 members (excludes halogenated alkanes) is 1. The van der Waals surface area contributed by atoms with E-state index >= 15 is 0 Å². The number of azo groups is 1. The SMILES string of the molecule is CCN(CCCCO)c1ccc(N=Nc2c(Cl)cc([N+](=O)[O-])cc2Cl)cc1. The van der Waals surface area contributed by atoms with E-state index in [4.69, 9.17) is 28.3 Å². The molecule has 0 radical (unpaired) electrons. The fourth-order valence-corrected chi connectivity index (χ4v) is 3.03. The molecule has 0 aliphatic heterocycles. The number of aliphatic hydroxyl groups excluding tert-OH is 1. The van der Waals surface area contributed by atoms with E-state index in [0.717, 1.165) is 31.6 Å². The van der Waals surface area contributed by atoms with Crippen LogP contribution < -0.4 is 4.90 Å². The molecule has 9 heteroatoms. The second kappa shape index (κ2) is 10.2. The molecule has 2 aromatic carbocycles. The molecule has 2 aromatic rings.